The van der Waals surface area contributed by atoms with E-state index in [1.165, 1.54) is 12.1 Å². The van der Waals surface area contributed by atoms with Crippen LogP contribution in [0.5, 0.6) is 0 Å². The third-order valence-electron chi connectivity index (χ3n) is 5.84. The summed E-state index contributed by atoms with van der Waals surface area (Å²) in [5.41, 5.74) is 2.49. The van der Waals surface area contributed by atoms with Crippen molar-refractivity contribution in [1.29, 1.82) is 0 Å². The monoisotopic (exact) mass is 492 g/mol. The average molecular weight is 493 g/mol. The fourth-order valence-corrected chi connectivity index (χ4v) is 5.15. The van der Waals surface area contributed by atoms with E-state index >= 15 is 0 Å². The first-order chi connectivity index (χ1) is 15.8. The lowest BCUT2D eigenvalue weighted by atomic mass is 10.1. The van der Waals surface area contributed by atoms with Gasteiger partial charge in [0.2, 0.25) is 0 Å². The predicted molar refractivity (Wildman–Crippen MR) is 135 cm³/mol. The van der Waals surface area contributed by atoms with Crippen LogP contribution in [0.3, 0.4) is 0 Å². The molecule has 1 aliphatic rings. The van der Waals surface area contributed by atoms with E-state index in [4.69, 9.17) is 11.6 Å². The second-order valence-electron chi connectivity index (χ2n) is 8.22. The summed E-state index contributed by atoms with van der Waals surface area (Å²) >= 11 is 6.14. The Labute approximate surface area is 202 Å². The molecular weight excluding hydrogens is 460 g/mol. The lowest BCUT2D eigenvalue weighted by Crippen LogP contribution is -2.44. The van der Waals surface area contributed by atoms with Crippen molar-refractivity contribution < 1.29 is 13.2 Å². The lowest BCUT2D eigenvalue weighted by Gasteiger charge is -2.32. The molecule has 2 N–H and O–H groups in total. The van der Waals surface area contributed by atoms with Gasteiger partial charge in [0.05, 0.1) is 10.5 Å². The number of carbonyl (C=O) groups is 1. The summed E-state index contributed by atoms with van der Waals surface area (Å²) in [6, 6.07) is 9.84. The maximum atomic E-state index is 13.5. The molecule has 7 nitrogen and oxygen atoms in total. The van der Waals surface area contributed by atoms with Gasteiger partial charge in [-0.2, -0.15) is 0 Å². The minimum absolute atomic E-state index is 0.0790. The lowest BCUT2D eigenvalue weighted by molar-refractivity contribution is 0.0763. The summed E-state index contributed by atoms with van der Waals surface area (Å²) < 4.78 is 28.6. The highest BCUT2D eigenvalue weighted by molar-refractivity contribution is 7.92. The molecule has 2 aromatic rings. The van der Waals surface area contributed by atoms with Crippen molar-refractivity contribution in [2.24, 2.45) is 0 Å². The number of benzene rings is 2. The van der Waals surface area contributed by atoms with Gasteiger partial charge in [0.15, 0.2) is 0 Å². The van der Waals surface area contributed by atoms with Crippen molar-refractivity contribution in [3.05, 3.63) is 52.5 Å². The highest BCUT2D eigenvalue weighted by Gasteiger charge is 2.24. The third kappa shape index (κ3) is 6.19. The molecule has 1 amide bonds. The normalized spacial score (nSPS) is 14.2. The Kier molecular flexibility index (Phi) is 8.62. The first-order valence-electron chi connectivity index (χ1n) is 11.4. The van der Waals surface area contributed by atoms with Crippen molar-refractivity contribution >= 4 is 38.9 Å². The molecule has 0 atom stereocenters. The molecule has 9 heteroatoms. The van der Waals surface area contributed by atoms with Gasteiger partial charge in [0, 0.05) is 55.7 Å². The van der Waals surface area contributed by atoms with Crippen molar-refractivity contribution in [1.82, 2.24) is 10.2 Å². The Morgan fingerprint density at radius 3 is 2.52 bits per heavy atom. The van der Waals surface area contributed by atoms with Crippen LogP contribution in [0.2, 0.25) is 5.02 Å². The number of anilines is 2. The zero-order valence-electron chi connectivity index (χ0n) is 19.5. The molecule has 0 unspecified atom stereocenters. The summed E-state index contributed by atoms with van der Waals surface area (Å²) in [6.07, 6.45) is 1.91. The molecule has 3 rings (SSSR count). The van der Waals surface area contributed by atoms with Crippen LogP contribution in [-0.2, 0) is 10.0 Å². The second-order valence-corrected chi connectivity index (χ2v) is 10.3. The zero-order valence-corrected chi connectivity index (χ0v) is 21.1. The molecule has 1 aliphatic heterocycles. The summed E-state index contributed by atoms with van der Waals surface area (Å²) in [7, 11) is -3.86. The van der Waals surface area contributed by atoms with E-state index < -0.39 is 10.0 Å². The van der Waals surface area contributed by atoms with Gasteiger partial charge in [-0.1, -0.05) is 31.0 Å². The van der Waals surface area contributed by atoms with Crippen molar-refractivity contribution in [3.63, 3.8) is 0 Å². The van der Waals surface area contributed by atoms with E-state index in [0.29, 0.717) is 29.4 Å². The van der Waals surface area contributed by atoms with Gasteiger partial charge in [-0.05, 0) is 56.2 Å². The van der Waals surface area contributed by atoms with Gasteiger partial charge in [0.25, 0.3) is 15.9 Å². The van der Waals surface area contributed by atoms with Crippen LogP contribution in [0.1, 0.15) is 42.6 Å². The van der Waals surface area contributed by atoms with E-state index in [9.17, 15) is 13.2 Å². The van der Waals surface area contributed by atoms with E-state index in [2.05, 4.69) is 21.9 Å². The van der Waals surface area contributed by atoms with Crippen LogP contribution < -0.4 is 14.9 Å². The Bertz CT molecular complexity index is 1090. The summed E-state index contributed by atoms with van der Waals surface area (Å²) in [5.74, 6) is -0.0843. The molecule has 180 valence electrons. The number of aryl methyl sites for hydroxylation is 1. The molecule has 1 heterocycles. The molecule has 0 saturated carbocycles. The number of halogens is 1. The third-order valence-corrected chi connectivity index (χ3v) is 7.63. The number of unbranched alkanes of at least 4 members (excludes halogenated alkanes) is 1. The Hall–Kier alpha value is -2.29. The molecule has 0 aliphatic carbocycles. The number of nitrogens with one attached hydrogen (secondary N) is 2. The fourth-order valence-electron chi connectivity index (χ4n) is 3.83. The smallest absolute Gasteiger partial charge is 0.261 e. The average Bonchev–Trinajstić information content (AvgIpc) is 2.81. The zero-order chi connectivity index (χ0) is 24.0. The molecule has 2 aromatic carbocycles. The van der Waals surface area contributed by atoms with Gasteiger partial charge < -0.3 is 15.1 Å². The van der Waals surface area contributed by atoms with Gasteiger partial charge in [-0.3, -0.25) is 9.52 Å². The predicted octanol–water partition coefficient (Wildman–Crippen LogP) is 4.12. The number of hydrogen-bond donors (Lipinski definition) is 2. The molecule has 0 bridgehead atoms. The SMILES string of the molecule is CCCCN(CC)C(=O)c1cc(NS(=O)(=O)c2ccc(C)c(Cl)c2)ccc1N1CCNCC1. The number of nitrogens with zero attached hydrogens (tertiary/aromatic N) is 2. The van der Waals surface area contributed by atoms with Crippen LogP contribution in [0, 0.1) is 6.92 Å². The van der Waals surface area contributed by atoms with Crippen LogP contribution in [0.4, 0.5) is 11.4 Å². The maximum Gasteiger partial charge on any atom is 0.261 e. The van der Waals surface area contributed by atoms with Gasteiger partial charge in [-0.15, -0.1) is 0 Å². The van der Waals surface area contributed by atoms with Crippen molar-refractivity contribution in [2.45, 2.75) is 38.5 Å². The maximum absolute atomic E-state index is 13.5. The number of rotatable bonds is 9. The molecule has 0 spiro atoms. The summed E-state index contributed by atoms with van der Waals surface area (Å²) in [6.45, 7) is 10.4. The Balaban J connectivity index is 1.96. The van der Waals surface area contributed by atoms with Gasteiger partial charge in [-0.25, -0.2) is 8.42 Å². The first kappa shape index (κ1) is 25.3. The minimum Gasteiger partial charge on any atom is -0.368 e. The molecule has 0 aromatic heterocycles. The van der Waals surface area contributed by atoms with Gasteiger partial charge in [0.1, 0.15) is 0 Å². The minimum atomic E-state index is -3.86. The fraction of sp³-hybridized carbons (Fsp3) is 0.458. The molecule has 1 saturated heterocycles. The molecule has 33 heavy (non-hydrogen) atoms. The van der Waals surface area contributed by atoms with Gasteiger partial charge >= 0.3 is 0 Å². The topological polar surface area (TPSA) is 81.8 Å². The first-order valence-corrected chi connectivity index (χ1v) is 13.3. The van der Waals surface area contributed by atoms with Crippen LogP contribution in [0.15, 0.2) is 41.3 Å². The molecule has 1 fully saturated rings. The second kappa shape index (κ2) is 11.2. The summed E-state index contributed by atoms with van der Waals surface area (Å²) in [4.78, 5) is 17.6. The molecule has 0 radical (unpaired) electrons. The number of piperazine rings is 1. The van der Waals surface area contributed by atoms with Crippen LogP contribution in [-0.4, -0.2) is 58.5 Å². The van der Waals surface area contributed by atoms with Crippen molar-refractivity contribution in [2.75, 3.05) is 48.9 Å². The van der Waals surface area contributed by atoms with E-state index in [1.54, 1.807) is 18.2 Å². The number of hydrogen-bond acceptors (Lipinski definition) is 5. The van der Waals surface area contributed by atoms with Crippen molar-refractivity contribution in [3.8, 4) is 0 Å². The molecular formula is C24H33ClN4O3S. The van der Waals surface area contributed by atoms with E-state index in [1.807, 2.05) is 24.8 Å². The van der Waals surface area contributed by atoms with Crippen LogP contribution >= 0.6 is 11.6 Å². The highest BCUT2D eigenvalue weighted by atomic mass is 35.5. The van der Waals surface area contributed by atoms with E-state index in [-0.39, 0.29) is 10.8 Å². The summed E-state index contributed by atoms with van der Waals surface area (Å²) in [5, 5.41) is 3.71. The largest absolute Gasteiger partial charge is 0.368 e. The number of amides is 1. The number of sulfonamides is 1. The quantitative estimate of drug-likeness (QED) is 0.550. The highest BCUT2D eigenvalue weighted by Crippen LogP contribution is 2.28. The standard InChI is InChI=1S/C24H33ClN4O3S/c1-4-6-13-28(5-2)24(30)21-16-19(8-10-23(21)29-14-11-26-12-15-29)27-33(31,32)20-9-7-18(3)22(25)17-20/h7-10,16-17,26-27H,4-6,11-15H2,1-3H3. The Morgan fingerprint density at radius 1 is 1.15 bits per heavy atom. The van der Waals surface area contributed by atoms with Crippen LogP contribution in [0.25, 0.3) is 0 Å². The van der Waals surface area contributed by atoms with E-state index in [0.717, 1.165) is 50.3 Å². The number of carbonyl (C=O) groups excluding carboxylic acids is 1. The Morgan fingerprint density at radius 2 is 1.88 bits per heavy atom.